The third-order valence-electron chi connectivity index (χ3n) is 4.45. The first-order chi connectivity index (χ1) is 12.1. The van der Waals surface area contributed by atoms with Gasteiger partial charge in [-0.15, -0.1) is 0 Å². The Bertz CT molecular complexity index is 607. The van der Waals surface area contributed by atoms with Crippen LogP contribution in [0, 0.1) is 0 Å². The minimum Gasteiger partial charge on any atom is -0.491 e. The Morgan fingerprint density at radius 2 is 1.60 bits per heavy atom. The first-order valence-corrected chi connectivity index (χ1v) is 9.34. The smallest absolute Gasteiger partial charge is 0.119 e. The van der Waals surface area contributed by atoms with Crippen LogP contribution in [0.4, 0.5) is 0 Å². The van der Waals surface area contributed by atoms with Crippen molar-refractivity contribution >= 4 is 0 Å². The number of ether oxygens (including phenoxy) is 1. The molecule has 3 nitrogen and oxygen atoms in total. The second-order valence-electron chi connectivity index (χ2n) is 6.58. The summed E-state index contributed by atoms with van der Waals surface area (Å²) in [5.41, 5.74) is 3.89. The van der Waals surface area contributed by atoms with Crippen molar-refractivity contribution in [3.63, 3.8) is 0 Å². The summed E-state index contributed by atoms with van der Waals surface area (Å²) in [5.74, 6) is 0.808. The Morgan fingerprint density at radius 3 is 2.20 bits per heavy atom. The average molecular weight is 341 g/mol. The predicted octanol–water partition coefficient (Wildman–Crippen LogP) is 4.29. The van der Waals surface area contributed by atoms with Crippen LogP contribution in [0.25, 0.3) is 0 Å². The number of hydrogen-bond donors (Lipinski definition) is 2. The highest BCUT2D eigenvalue weighted by molar-refractivity contribution is 5.27. The number of rotatable bonds is 10. The highest BCUT2D eigenvalue weighted by Gasteiger charge is 2.09. The molecule has 2 aromatic carbocycles. The molecule has 3 heteroatoms. The van der Waals surface area contributed by atoms with Gasteiger partial charge in [0.15, 0.2) is 0 Å². The maximum atomic E-state index is 10.1. The second-order valence-corrected chi connectivity index (χ2v) is 6.58. The normalized spacial score (nSPS) is 13.4. The molecule has 0 aromatic heterocycles. The molecule has 0 amide bonds. The molecule has 2 unspecified atom stereocenters. The molecule has 0 fully saturated rings. The van der Waals surface area contributed by atoms with Gasteiger partial charge in [-0.25, -0.2) is 0 Å². The average Bonchev–Trinajstić information content (AvgIpc) is 2.66. The zero-order chi connectivity index (χ0) is 18.1. The maximum absolute atomic E-state index is 10.1. The summed E-state index contributed by atoms with van der Waals surface area (Å²) >= 11 is 0. The Labute approximate surface area is 152 Å². The van der Waals surface area contributed by atoms with Gasteiger partial charge < -0.3 is 15.2 Å². The van der Waals surface area contributed by atoms with Gasteiger partial charge in [-0.05, 0) is 48.6 Å². The van der Waals surface area contributed by atoms with Crippen molar-refractivity contribution in [1.82, 2.24) is 5.32 Å². The van der Waals surface area contributed by atoms with E-state index < -0.39 is 6.10 Å². The van der Waals surface area contributed by atoms with E-state index in [-0.39, 0.29) is 6.04 Å². The minimum absolute atomic E-state index is 0.203. The third kappa shape index (κ3) is 6.52. The SMILES string of the molecule is CCCc1ccc(OCC(O)CNC(C)c2ccc(CC)cc2)cc1. The van der Waals surface area contributed by atoms with Crippen LogP contribution in [0.2, 0.25) is 0 Å². The summed E-state index contributed by atoms with van der Waals surface area (Å²) in [5, 5.41) is 13.5. The van der Waals surface area contributed by atoms with Crippen LogP contribution in [0.3, 0.4) is 0 Å². The summed E-state index contributed by atoms with van der Waals surface area (Å²) in [6.07, 6.45) is 2.75. The van der Waals surface area contributed by atoms with E-state index in [1.54, 1.807) is 0 Å². The number of benzene rings is 2. The van der Waals surface area contributed by atoms with E-state index in [2.05, 4.69) is 62.5 Å². The molecule has 0 saturated heterocycles. The Kier molecular flexibility index (Phi) is 7.96. The molecule has 136 valence electrons. The van der Waals surface area contributed by atoms with E-state index in [4.69, 9.17) is 4.74 Å². The monoisotopic (exact) mass is 341 g/mol. The second kappa shape index (κ2) is 10.2. The summed E-state index contributed by atoms with van der Waals surface area (Å²) < 4.78 is 5.68. The third-order valence-corrected chi connectivity index (χ3v) is 4.45. The number of nitrogens with one attached hydrogen (secondary N) is 1. The van der Waals surface area contributed by atoms with E-state index >= 15 is 0 Å². The first kappa shape index (κ1) is 19.5. The lowest BCUT2D eigenvalue weighted by Crippen LogP contribution is -2.33. The van der Waals surface area contributed by atoms with Crippen LogP contribution in [0.15, 0.2) is 48.5 Å². The van der Waals surface area contributed by atoms with E-state index in [0.717, 1.165) is 25.0 Å². The van der Waals surface area contributed by atoms with Gasteiger partial charge in [0.2, 0.25) is 0 Å². The van der Waals surface area contributed by atoms with Crippen LogP contribution in [0.5, 0.6) is 5.75 Å². The summed E-state index contributed by atoms with van der Waals surface area (Å²) in [6.45, 7) is 7.24. The molecule has 0 aliphatic heterocycles. The van der Waals surface area contributed by atoms with Crippen molar-refractivity contribution in [3.8, 4) is 5.75 Å². The van der Waals surface area contributed by atoms with Crippen molar-refractivity contribution < 1.29 is 9.84 Å². The number of aliphatic hydroxyl groups is 1. The molecule has 2 aromatic rings. The molecule has 0 radical (unpaired) electrons. The Hall–Kier alpha value is -1.84. The molecule has 0 bridgehead atoms. The zero-order valence-electron chi connectivity index (χ0n) is 15.7. The first-order valence-electron chi connectivity index (χ1n) is 9.34. The quantitative estimate of drug-likeness (QED) is 0.677. The van der Waals surface area contributed by atoms with Gasteiger partial charge in [-0.1, -0.05) is 56.7 Å². The maximum Gasteiger partial charge on any atom is 0.119 e. The van der Waals surface area contributed by atoms with E-state index in [1.165, 1.54) is 16.7 Å². The van der Waals surface area contributed by atoms with Gasteiger partial charge >= 0.3 is 0 Å². The van der Waals surface area contributed by atoms with Gasteiger partial charge in [-0.2, -0.15) is 0 Å². The molecule has 25 heavy (non-hydrogen) atoms. The van der Waals surface area contributed by atoms with Crippen LogP contribution in [0.1, 0.15) is 49.9 Å². The summed E-state index contributed by atoms with van der Waals surface area (Å²) in [6, 6.07) is 17.0. The van der Waals surface area contributed by atoms with Crippen molar-refractivity contribution in [2.75, 3.05) is 13.2 Å². The van der Waals surface area contributed by atoms with Gasteiger partial charge in [-0.3, -0.25) is 0 Å². The highest BCUT2D eigenvalue weighted by Crippen LogP contribution is 2.15. The predicted molar refractivity (Wildman–Crippen MR) is 104 cm³/mol. The lowest BCUT2D eigenvalue weighted by molar-refractivity contribution is 0.104. The van der Waals surface area contributed by atoms with Crippen LogP contribution in [-0.2, 0) is 12.8 Å². The van der Waals surface area contributed by atoms with Crippen molar-refractivity contribution in [2.24, 2.45) is 0 Å². The zero-order valence-corrected chi connectivity index (χ0v) is 15.7. The number of hydrogen-bond acceptors (Lipinski definition) is 3. The molecular formula is C22H31NO2. The van der Waals surface area contributed by atoms with Crippen LogP contribution >= 0.6 is 0 Å². The van der Waals surface area contributed by atoms with E-state index in [0.29, 0.717) is 13.2 Å². The highest BCUT2D eigenvalue weighted by atomic mass is 16.5. The van der Waals surface area contributed by atoms with E-state index in [1.807, 2.05) is 12.1 Å². The Morgan fingerprint density at radius 1 is 0.960 bits per heavy atom. The van der Waals surface area contributed by atoms with Crippen LogP contribution in [-0.4, -0.2) is 24.4 Å². The minimum atomic E-state index is -0.535. The molecule has 2 rings (SSSR count). The van der Waals surface area contributed by atoms with Crippen molar-refractivity contribution in [2.45, 2.75) is 52.2 Å². The number of aryl methyl sites for hydroxylation is 2. The lowest BCUT2D eigenvalue weighted by atomic mass is 10.0. The number of aliphatic hydroxyl groups excluding tert-OH is 1. The molecule has 0 saturated carbocycles. The molecule has 2 N–H and O–H groups in total. The van der Waals surface area contributed by atoms with Gasteiger partial charge in [0, 0.05) is 12.6 Å². The van der Waals surface area contributed by atoms with Gasteiger partial charge in [0.05, 0.1) is 0 Å². The summed E-state index contributed by atoms with van der Waals surface area (Å²) in [7, 11) is 0. The fourth-order valence-electron chi connectivity index (χ4n) is 2.77. The molecule has 0 aliphatic rings. The fourth-order valence-corrected chi connectivity index (χ4v) is 2.77. The molecule has 2 atom stereocenters. The van der Waals surface area contributed by atoms with E-state index in [9.17, 15) is 5.11 Å². The van der Waals surface area contributed by atoms with Crippen molar-refractivity contribution in [1.29, 1.82) is 0 Å². The fraction of sp³-hybridized carbons (Fsp3) is 0.455. The molecule has 0 heterocycles. The van der Waals surface area contributed by atoms with Crippen molar-refractivity contribution in [3.05, 3.63) is 65.2 Å². The van der Waals surface area contributed by atoms with Crippen LogP contribution < -0.4 is 10.1 Å². The molecule has 0 spiro atoms. The van der Waals surface area contributed by atoms with Gasteiger partial charge in [0.25, 0.3) is 0 Å². The van der Waals surface area contributed by atoms with Gasteiger partial charge in [0.1, 0.15) is 18.5 Å². The lowest BCUT2D eigenvalue weighted by Gasteiger charge is -2.18. The molecule has 0 aliphatic carbocycles. The topological polar surface area (TPSA) is 41.5 Å². The Balaban J connectivity index is 1.73. The summed E-state index contributed by atoms with van der Waals surface area (Å²) in [4.78, 5) is 0. The molecular weight excluding hydrogens is 310 g/mol. The standard InChI is InChI=1S/C22H31NO2/c1-4-6-19-9-13-22(14-10-19)25-16-21(24)15-23-17(3)20-11-7-18(5-2)8-12-20/h7-14,17,21,23-24H,4-6,15-16H2,1-3H3. The largest absolute Gasteiger partial charge is 0.491 e.